The topological polar surface area (TPSA) is 105 Å². The first-order valence-corrected chi connectivity index (χ1v) is 12.3. The van der Waals surface area contributed by atoms with Crippen LogP contribution in [0.2, 0.25) is 0 Å². The number of hydrogen-bond acceptors (Lipinski definition) is 5. The van der Waals surface area contributed by atoms with Gasteiger partial charge >= 0.3 is 0 Å². The maximum atomic E-state index is 12.9. The van der Waals surface area contributed by atoms with Crippen LogP contribution in [0.4, 0.5) is 5.69 Å². The molecule has 34 heavy (non-hydrogen) atoms. The van der Waals surface area contributed by atoms with Crippen LogP contribution in [0.25, 0.3) is 22.2 Å². The smallest absolute Gasteiger partial charge is 0.283 e. The first-order valence-electron chi connectivity index (χ1n) is 10.8. The van der Waals surface area contributed by atoms with E-state index < -0.39 is 10.0 Å². The standard InChI is InChI=1S/C25H22N4O4S/c1-29-15-5-8-23(29)28-34(31,32)20-12-10-19(11-13-20)26-25(30)18-9-14-22-21(16-18)24(33-27-22)17-6-3-2-4-7-17/h2-4,6-7,9-14,16H,5,8,15H2,1H3,(H,26,30). The van der Waals surface area contributed by atoms with Crippen molar-refractivity contribution >= 4 is 38.4 Å². The van der Waals surface area contributed by atoms with Gasteiger partial charge in [-0.25, -0.2) is 0 Å². The lowest BCUT2D eigenvalue weighted by Gasteiger charge is -2.11. The van der Waals surface area contributed by atoms with Crippen LogP contribution in [0.3, 0.4) is 0 Å². The van der Waals surface area contributed by atoms with Gasteiger partial charge in [-0.15, -0.1) is 4.40 Å². The van der Waals surface area contributed by atoms with Crippen LogP contribution in [0.1, 0.15) is 23.2 Å². The minimum atomic E-state index is -3.81. The molecule has 0 aliphatic carbocycles. The molecule has 4 aromatic rings. The zero-order valence-electron chi connectivity index (χ0n) is 18.4. The monoisotopic (exact) mass is 474 g/mol. The normalized spacial score (nSPS) is 15.2. The van der Waals surface area contributed by atoms with Crippen molar-refractivity contribution in [2.24, 2.45) is 4.40 Å². The van der Waals surface area contributed by atoms with Gasteiger partial charge in [0.25, 0.3) is 15.9 Å². The van der Waals surface area contributed by atoms with Gasteiger partial charge in [0.05, 0.1) is 10.3 Å². The average molecular weight is 475 g/mol. The molecule has 0 radical (unpaired) electrons. The molecule has 1 amide bonds. The summed E-state index contributed by atoms with van der Waals surface area (Å²) in [5.41, 5.74) is 2.43. The molecule has 1 saturated heterocycles. The number of carbonyl (C=O) groups is 1. The summed E-state index contributed by atoms with van der Waals surface area (Å²) in [7, 11) is -1.97. The summed E-state index contributed by atoms with van der Waals surface area (Å²) in [6, 6.07) is 20.7. The highest BCUT2D eigenvalue weighted by Crippen LogP contribution is 2.29. The number of fused-ring (bicyclic) bond motifs is 1. The number of sulfonamides is 1. The lowest BCUT2D eigenvalue weighted by molar-refractivity contribution is 0.102. The Bertz CT molecular complexity index is 1490. The van der Waals surface area contributed by atoms with Gasteiger partial charge in [0.2, 0.25) is 0 Å². The van der Waals surface area contributed by atoms with Gasteiger partial charge in [0.1, 0.15) is 11.4 Å². The van der Waals surface area contributed by atoms with E-state index in [1.807, 2.05) is 42.3 Å². The molecule has 1 aromatic heterocycles. The summed E-state index contributed by atoms with van der Waals surface area (Å²) in [4.78, 5) is 14.8. The summed E-state index contributed by atoms with van der Waals surface area (Å²) in [5.74, 6) is 0.830. The fraction of sp³-hybridized carbons (Fsp3) is 0.160. The van der Waals surface area contributed by atoms with Gasteiger partial charge in [-0.05, 0) is 48.9 Å². The maximum absolute atomic E-state index is 12.9. The van der Waals surface area contributed by atoms with Crippen LogP contribution in [0.5, 0.6) is 0 Å². The van der Waals surface area contributed by atoms with E-state index in [1.165, 1.54) is 12.1 Å². The molecule has 2 heterocycles. The van der Waals surface area contributed by atoms with Crippen molar-refractivity contribution in [3.8, 4) is 11.3 Å². The molecule has 1 fully saturated rings. The molecule has 1 N–H and O–H groups in total. The van der Waals surface area contributed by atoms with E-state index in [0.717, 1.165) is 23.9 Å². The molecular formula is C25H22N4O4S. The summed E-state index contributed by atoms with van der Waals surface area (Å²) in [6.45, 7) is 0.798. The predicted molar refractivity (Wildman–Crippen MR) is 130 cm³/mol. The van der Waals surface area contributed by atoms with E-state index in [1.54, 1.807) is 30.3 Å². The van der Waals surface area contributed by atoms with Crippen molar-refractivity contribution in [1.82, 2.24) is 10.1 Å². The summed E-state index contributed by atoms with van der Waals surface area (Å²) < 4.78 is 34.7. The van der Waals surface area contributed by atoms with Gasteiger partial charge in [0, 0.05) is 36.8 Å². The number of hydrogen-bond donors (Lipinski definition) is 1. The highest BCUT2D eigenvalue weighted by atomic mass is 32.2. The molecule has 9 heteroatoms. The minimum absolute atomic E-state index is 0.0803. The molecule has 0 saturated carbocycles. The molecule has 3 aromatic carbocycles. The number of anilines is 1. The third-order valence-electron chi connectivity index (χ3n) is 5.74. The van der Waals surface area contributed by atoms with Gasteiger partial charge < -0.3 is 14.7 Å². The van der Waals surface area contributed by atoms with Crippen molar-refractivity contribution in [2.45, 2.75) is 17.7 Å². The number of likely N-dealkylation sites (tertiary alicyclic amines) is 1. The second kappa shape index (κ2) is 8.75. The molecular weight excluding hydrogens is 452 g/mol. The van der Waals surface area contributed by atoms with Gasteiger partial charge in [-0.2, -0.15) is 8.42 Å². The second-order valence-corrected chi connectivity index (χ2v) is 9.70. The molecule has 5 rings (SSSR count). The minimum Gasteiger partial charge on any atom is -0.362 e. The van der Waals surface area contributed by atoms with E-state index in [2.05, 4.69) is 14.9 Å². The number of carbonyl (C=O) groups excluding carboxylic acids is 1. The van der Waals surface area contributed by atoms with Crippen molar-refractivity contribution < 1.29 is 17.7 Å². The van der Waals surface area contributed by atoms with Gasteiger partial charge in [0.15, 0.2) is 5.76 Å². The second-order valence-electron chi connectivity index (χ2n) is 8.10. The van der Waals surface area contributed by atoms with Crippen LogP contribution in [0.15, 0.2) is 86.6 Å². The van der Waals surface area contributed by atoms with Gasteiger partial charge in [-0.1, -0.05) is 35.5 Å². The van der Waals surface area contributed by atoms with Crippen LogP contribution < -0.4 is 5.32 Å². The highest BCUT2D eigenvalue weighted by Gasteiger charge is 2.20. The third kappa shape index (κ3) is 4.29. The molecule has 8 nitrogen and oxygen atoms in total. The summed E-state index contributed by atoms with van der Waals surface area (Å²) in [6.07, 6.45) is 1.54. The Kier molecular flexibility index (Phi) is 5.62. The summed E-state index contributed by atoms with van der Waals surface area (Å²) >= 11 is 0. The number of nitrogens with zero attached hydrogens (tertiary/aromatic N) is 3. The Balaban J connectivity index is 1.35. The Labute approximate surface area is 197 Å². The first kappa shape index (κ1) is 21.8. The van der Waals surface area contributed by atoms with E-state index in [-0.39, 0.29) is 10.8 Å². The van der Waals surface area contributed by atoms with Crippen molar-refractivity contribution in [2.75, 3.05) is 18.9 Å². The largest absolute Gasteiger partial charge is 0.362 e. The average Bonchev–Trinajstić information content (AvgIpc) is 3.45. The molecule has 0 spiro atoms. The zero-order valence-corrected chi connectivity index (χ0v) is 19.2. The Morgan fingerprint density at radius 1 is 1.06 bits per heavy atom. The van der Waals surface area contributed by atoms with Crippen LogP contribution in [-0.4, -0.2) is 43.8 Å². The van der Waals surface area contributed by atoms with Crippen LogP contribution in [-0.2, 0) is 10.0 Å². The van der Waals surface area contributed by atoms with E-state index in [9.17, 15) is 13.2 Å². The molecule has 1 aliphatic rings. The van der Waals surface area contributed by atoms with Crippen molar-refractivity contribution in [3.63, 3.8) is 0 Å². The highest BCUT2D eigenvalue weighted by molar-refractivity contribution is 7.90. The molecule has 1 aliphatic heterocycles. The number of nitrogens with one attached hydrogen (secondary N) is 1. The number of aromatic nitrogens is 1. The lowest BCUT2D eigenvalue weighted by atomic mass is 10.1. The number of benzene rings is 3. The fourth-order valence-electron chi connectivity index (χ4n) is 3.90. The zero-order chi connectivity index (χ0) is 23.7. The maximum Gasteiger partial charge on any atom is 0.283 e. The predicted octanol–water partition coefficient (Wildman–Crippen LogP) is 4.56. The van der Waals surface area contributed by atoms with Crippen molar-refractivity contribution in [1.29, 1.82) is 0 Å². The quantitative estimate of drug-likeness (QED) is 0.455. The van der Waals surface area contributed by atoms with Crippen molar-refractivity contribution in [3.05, 3.63) is 78.4 Å². The Morgan fingerprint density at radius 2 is 1.82 bits per heavy atom. The fourth-order valence-corrected chi connectivity index (χ4v) is 4.99. The SMILES string of the molecule is CN1CCCC1=NS(=O)(=O)c1ccc(NC(=O)c2ccc3noc(-c4ccccc4)c3c2)cc1. The Hall–Kier alpha value is -3.98. The third-order valence-corrected chi connectivity index (χ3v) is 7.06. The Morgan fingerprint density at radius 3 is 2.53 bits per heavy atom. The number of amidine groups is 1. The molecule has 0 bridgehead atoms. The van der Waals surface area contributed by atoms with E-state index in [4.69, 9.17) is 4.52 Å². The molecule has 172 valence electrons. The van der Waals surface area contributed by atoms with Crippen LogP contribution in [0, 0.1) is 0 Å². The van der Waals surface area contributed by atoms with E-state index in [0.29, 0.717) is 34.8 Å². The van der Waals surface area contributed by atoms with Gasteiger partial charge in [-0.3, -0.25) is 4.79 Å². The van der Waals surface area contributed by atoms with Crippen LogP contribution >= 0.6 is 0 Å². The lowest BCUT2D eigenvalue weighted by Crippen LogP contribution is -2.20. The summed E-state index contributed by atoms with van der Waals surface area (Å²) in [5, 5.41) is 7.61. The number of rotatable bonds is 5. The van der Waals surface area contributed by atoms with E-state index >= 15 is 0 Å². The molecule has 0 unspecified atom stereocenters. The molecule has 0 atom stereocenters. The number of amides is 1. The first-order chi connectivity index (χ1) is 16.4.